The van der Waals surface area contributed by atoms with E-state index in [9.17, 15) is 14.4 Å². The SMILES string of the molecule is CC(ONC(=O)C(CNC(=O)OCC1c2ccccc2-c2ccccc21)CC1CCCC1)C(=O)O. The van der Waals surface area contributed by atoms with Crippen molar-refractivity contribution in [3.05, 3.63) is 59.7 Å². The molecule has 1 fully saturated rings. The Balaban J connectivity index is 1.33. The van der Waals surface area contributed by atoms with Crippen LogP contribution in [0.2, 0.25) is 0 Å². The molecule has 0 aromatic heterocycles. The highest BCUT2D eigenvalue weighted by atomic mass is 16.7. The number of benzene rings is 2. The van der Waals surface area contributed by atoms with E-state index in [1.165, 1.54) is 6.92 Å². The summed E-state index contributed by atoms with van der Waals surface area (Å²) < 4.78 is 5.58. The van der Waals surface area contributed by atoms with Gasteiger partial charge in [-0.15, -0.1) is 0 Å². The number of hydroxylamine groups is 1. The summed E-state index contributed by atoms with van der Waals surface area (Å²) in [4.78, 5) is 41.2. The minimum Gasteiger partial charge on any atom is -0.479 e. The van der Waals surface area contributed by atoms with E-state index < -0.39 is 30.0 Å². The van der Waals surface area contributed by atoms with Gasteiger partial charge in [0.05, 0.1) is 5.92 Å². The Labute approximate surface area is 205 Å². The van der Waals surface area contributed by atoms with E-state index in [-0.39, 0.29) is 19.1 Å². The summed E-state index contributed by atoms with van der Waals surface area (Å²) in [5, 5.41) is 11.7. The first kappa shape index (κ1) is 24.7. The van der Waals surface area contributed by atoms with Crippen LogP contribution in [0.1, 0.15) is 56.1 Å². The van der Waals surface area contributed by atoms with Crippen LogP contribution in [0.5, 0.6) is 0 Å². The summed E-state index contributed by atoms with van der Waals surface area (Å²) in [5.74, 6) is -1.80. The monoisotopic (exact) mass is 480 g/mol. The molecule has 2 aliphatic carbocycles. The van der Waals surface area contributed by atoms with Crippen molar-refractivity contribution in [3.63, 3.8) is 0 Å². The van der Waals surface area contributed by atoms with Gasteiger partial charge in [-0.2, -0.15) is 0 Å². The molecule has 1 saturated carbocycles. The number of nitrogens with one attached hydrogen (secondary N) is 2. The number of ether oxygens (including phenoxy) is 1. The lowest BCUT2D eigenvalue weighted by Gasteiger charge is -2.21. The van der Waals surface area contributed by atoms with Crippen LogP contribution < -0.4 is 10.8 Å². The second-order valence-electron chi connectivity index (χ2n) is 9.35. The average molecular weight is 481 g/mol. The fraction of sp³-hybridized carbons (Fsp3) is 0.444. The standard InChI is InChI=1S/C27H32N2O6/c1-17(26(31)32)35-29-25(30)19(14-18-8-2-3-9-18)15-28-27(33)34-16-24-22-12-6-4-10-20(22)21-11-5-7-13-23(21)24/h4-7,10-13,17-19,24H,2-3,8-9,14-16H2,1H3,(H,28,33)(H,29,30)(H,31,32). The lowest BCUT2D eigenvalue weighted by molar-refractivity contribution is -0.160. The lowest BCUT2D eigenvalue weighted by Crippen LogP contribution is -2.42. The Bertz CT molecular complexity index is 1020. The number of carboxylic acid groups (broad SMARTS) is 1. The Morgan fingerprint density at radius 2 is 1.60 bits per heavy atom. The van der Waals surface area contributed by atoms with Crippen molar-refractivity contribution in [2.75, 3.05) is 13.2 Å². The molecule has 4 rings (SSSR count). The molecule has 3 N–H and O–H groups in total. The average Bonchev–Trinajstić information content (AvgIpc) is 3.49. The minimum absolute atomic E-state index is 0.0448. The van der Waals surface area contributed by atoms with Crippen LogP contribution in [0.4, 0.5) is 4.79 Å². The molecule has 2 aromatic rings. The minimum atomic E-state index is -1.17. The zero-order valence-electron chi connectivity index (χ0n) is 19.9. The van der Waals surface area contributed by atoms with Crippen LogP contribution in [0.25, 0.3) is 11.1 Å². The highest BCUT2D eigenvalue weighted by molar-refractivity contribution is 5.80. The van der Waals surface area contributed by atoms with Crippen molar-refractivity contribution >= 4 is 18.0 Å². The molecule has 0 heterocycles. The maximum absolute atomic E-state index is 12.7. The van der Waals surface area contributed by atoms with Gasteiger partial charge in [-0.05, 0) is 41.5 Å². The van der Waals surface area contributed by atoms with Crippen molar-refractivity contribution in [1.29, 1.82) is 0 Å². The number of alkyl carbamates (subject to hydrolysis) is 1. The molecule has 8 heteroatoms. The third kappa shape index (κ3) is 6.00. The Morgan fingerprint density at radius 3 is 2.20 bits per heavy atom. The fourth-order valence-corrected chi connectivity index (χ4v) is 5.07. The lowest BCUT2D eigenvalue weighted by atomic mass is 9.92. The molecule has 186 valence electrons. The van der Waals surface area contributed by atoms with E-state index in [0.29, 0.717) is 12.3 Å². The van der Waals surface area contributed by atoms with E-state index in [1.807, 2.05) is 24.3 Å². The van der Waals surface area contributed by atoms with Crippen molar-refractivity contribution in [2.24, 2.45) is 11.8 Å². The molecule has 0 saturated heterocycles. The summed E-state index contributed by atoms with van der Waals surface area (Å²) in [6, 6.07) is 16.2. The maximum Gasteiger partial charge on any atom is 0.407 e. The van der Waals surface area contributed by atoms with Crippen molar-refractivity contribution in [3.8, 4) is 11.1 Å². The van der Waals surface area contributed by atoms with Crippen LogP contribution >= 0.6 is 0 Å². The predicted octanol–water partition coefficient (Wildman–Crippen LogP) is 4.24. The predicted molar refractivity (Wildman–Crippen MR) is 129 cm³/mol. The van der Waals surface area contributed by atoms with Gasteiger partial charge < -0.3 is 15.2 Å². The van der Waals surface area contributed by atoms with Gasteiger partial charge in [0.25, 0.3) is 0 Å². The van der Waals surface area contributed by atoms with Gasteiger partial charge in [0, 0.05) is 12.5 Å². The summed E-state index contributed by atoms with van der Waals surface area (Å²) in [5.41, 5.74) is 6.81. The van der Waals surface area contributed by atoms with Crippen LogP contribution in [-0.4, -0.2) is 42.3 Å². The molecule has 2 aromatic carbocycles. The Kier molecular flexibility index (Phi) is 8.02. The molecule has 2 aliphatic rings. The van der Waals surface area contributed by atoms with Gasteiger partial charge in [-0.1, -0.05) is 74.2 Å². The third-order valence-corrected chi connectivity index (χ3v) is 6.98. The molecule has 2 amide bonds. The van der Waals surface area contributed by atoms with E-state index in [0.717, 1.165) is 47.9 Å². The van der Waals surface area contributed by atoms with E-state index in [2.05, 4.69) is 35.1 Å². The molecule has 0 spiro atoms. The second-order valence-corrected chi connectivity index (χ2v) is 9.35. The largest absolute Gasteiger partial charge is 0.479 e. The fourth-order valence-electron chi connectivity index (χ4n) is 5.07. The van der Waals surface area contributed by atoms with E-state index >= 15 is 0 Å². The Hall–Kier alpha value is -3.39. The first-order chi connectivity index (χ1) is 16.9. The van der Waals surface area contributed by atoms with Gasteiger partial charge in [0.15, 0.2) is 6.10 Å². The topological polar surface area (TPSA) is 114 Å². The van der Waals surface area contributed by atoms with Crippen LogP contribution in [0.15, 0.2) is 48.5 Å². The summed E-state index contributed by atoms with van der Waals surface area (Å²) in [7, 11) is 0. The van der Waals surface area contributed by atoms with Gasteiger partial charge in [-0.3, -0.25) is 9.63 Å². The van der Waals surface area contributed by atoms with Crippen LogP contribution in [0, 0.1) is 11.8 Å². The molecule has 0 radical (unpaired) electrons. The summed E-state index contributed by atoms with van der Waals surface area (Å²) >= 11 is 0. The van der Waals surface area contributed by atoms with Crippen molar-refractivity contribution in [2.45, 2.75) is 51.0 Å². The van der Waals surface area contributed by atoms with Crippen LogP contribution in [-0.2, 0) is 19.2 Å². The first-order valence-electron chi connectivity index (χ1n) is 12.2. The zero-order chi connectivity index (χ0) is 24.8. The van der Waals surface area contributed by atoms with Crippen LogP contribution in [0.3, 0.4) is 0 Å². The number of carboxylic acids is 1. The number of carbonyl (C=O) groups is 3. The molecule has 35 heavy (non-hydrogen) atoms. The zero-order valence-corrected chi connectivity index (χ0v) is 19.9. The first-order valence-corrected chi connectivity index (χ1v) is 12.2. The number of carbonyl (C=O) groups excluding carboxylic acids is 2. The summed E-state index contributed by atoms with van der Waals surface area (Å²) in [6.07, 6.45) is 3.19. The molecule has 2 atom stereocenters. The Morgan fingerprint density at radius 1 is 1.00 bits per heavy atom. The number of amides is 2. The van der Waals surface area contributed by atoms with Crippen molar-refractivity contribution < 1.29 is 29.1 Å². The van der Waals surface area contributed by atoms with Gasteiger partial charge in [-0.25, -0.2) is 15.1 Å². The highest BCUT2D eigenvalue weighted by Gasteiger charge is 2.30. The molecule has 2 unspecified atom stereocenters. The molecule has 8 nitrogen and oxygen atoms in total. The normalized spacial score (nSPS) is 16.7. The maximum atomic E-state index is 12.7. The number of rotatable bonds is 10. The quantitative estimate of drug-likeness (QED) is 0.438. The number of hydrogen-bond acceptors (Lipinski definition) is 5. The third-order valence-electron chi connectivity index (χ3n) is 6.98. The molecular weight excluding hydrogens is 448 g/mol. The second kappa shape index (κ2) is 11.4. The highest BCUT2D eigenvalue weighted by Crippen LogP contribution is 2.44. The summed E-state index contributed by atoms with van der Waals surface area (Å²) in [6.45, 7) is 1.62. The van der Waals surface area contributed by atoms with E-state index in [1.54, 1.807) is 0 Å². The number of hydrogen-bond donors (Lipinski definition) is 3. The van der Waals surface area contributed by atoms with Gasteiger partial charge in [0.1, 0.15) is 6.61 Å². The molecular formula is C27H32N2O6. The smallest absolute Gasteiger partial charge is 0.407 e. The number of aliphatic carboxylic acids is 1. The number of fused-ring (bicyclic) bond motifs is 3. The molecule has 0 bridgehead atoms. The van der Waals surface area contributed by atoms with E-state index in [4.69, 9.17) is 14.7 Å². The molecule has 0 aliphatic heterocycles. The van der Waals surface area contributed by atoms with Gasteiger partial charge >= 0.3 is 12.1 Å². The van der Waals surface area contributed by atoms with Gasteiger partial charge in [0.2, 0.25) is 5.91 Å². The van der Waals surface area contributed by atoms with Crippen molar-refractivity contribution in [1.82, 2.24) is 10.8 Å².